The van der Waals surface area contributed by atoms with Crippen molar-refractivity contribution < 1.29 is 32.3 Å². The summed E-state index contributed by atoms with van der Waals surface area (Å²) in [4.78, 5) is 44.8. The molecule has 0 unspecified atom stereocenters. The fourth-order valence-electron chi connectivity index (χ4n) is 6.53. The first-order valence-corrected chi connectivity index (χ1v) is 16.1. The van der Waals surface area contributed by atoms with E-state index in [4.69, 9.17) is 9.47 Å². The molecule has 0 saturated heterocycles. The SMILES string of the molecule is COc1ccc(-c2cccc(C(=O)CS(C)(=O)=O)n2)c(C)c1C1C2=C(CC(C)(C)CC2=O)OC2=C1C(=O)CC(C)(C)C2. The Hall–Kier alpha value is -3.59. The van der Waals surface area contributed by atoms with Gasteiger partial charge >= 0.3 is 0 Å². The lowest BCUT2D eigenvalue weighted by atomic mass is 9.65. The van der Waals surface area contributed by atoms with Gasteiger partial charge < -0.3 is 9.47 Å². The maximum absolute atomic E-state index is 13.8. The van der Waals surface area contributed by atoms with Crippen molar-refractivity contribution in [2.75, 3.05) is 19.1 Å². The van der Waals surface area contributed by atoms with Crippen molar-refractivity contribution in [3.05, 3.63) is 69.8 Å². The van der Waals surface area contributed by atoms with Crippen LogP contribution < -0.4 is 4.74 Å². The second-order valence-corrected chi connectivity index (χ2v) is 15.5. The highest BCUT2D eigenvalue weighted by molar-refractivity contribution is 7.91. The van der Waals surface area contributed by atoms with Crippen molar-refractivity contribution in [3.8, 4) is 17.0 Å². The summed E-state index contributed by atoms with van der Waals surface area (Å²) in [6.45, 7) is 10.1. The Morgan fingerprint density at radius 3 is 2.05 bits per heavy atom. The lowest BCUT2D eigenvalue weighted by molar-refractivity contribution is -0.120. The fraction of sp³-hybridized carbons (Fsp3) is 0.455. The summed E-state index contributed by atoms with van der Waals surface area (Å²) in [5.74, 6) is -0.230. The van der Waals surface area contributed by atoms with Crippen LogP contribution in [-0.2, 0) is 24.2 Å². The van der Waals surface area contributed by atoms with E-state index < -0.39 is 27.3 Å². The normalized spacial score (nSPS) is 20.2. The van der Waals surface area contributed by atoms with Crippen LogP contribution >= 0.6 is 0 Å². The Kier molecular flexibility index (Phi) is 7.33. The van der Waals surface area contributed by atoms with Crippen molar-refractivity contribution >= 4 is 27.2 Å². The summed E-state index contributed by atoms with van der Waals surface area (Å²) in [7, 11) is -1.97. The number of hydrogen-bond donors (Lipinski definition) is 0. The molecular formula is C33H37NO7S. The highest BCUT2D eigenvalue weighted by Crippen LogP contribution is 2.55. The fourth-order valence-corrected chi connectivity index (χ4v) is 7.16. The van der Waals surface area contributed by atoms with Gasteiger partial charge in [-0.3, -0.25) is 14.4 Å². The molecule has 1 aromatic heterocycles. The topological polar surface area (TPSA) is 117 Å². The molecule has 2 aromatic rings. The van der Waals surface area contributed by atoms with E-state index >= 15 is 0 Å². The van der Waals surface area contributed by atoms with E-state index in [1.54, 1.807) is 25.3 Å². The van der Waals surface area contributed by atoms with Gasteiger partial charge in [-0.1, -0.05) is 33.8 Å². The van der Waals surface area contributed by atoms with Crippen LogP contribution in [0.4, 0.5) is 0 Å². The number of nitrogens with zero attached hydrogens (tertiary/aromatic N) is 1. The van der Waals surface area contributed by atoms with Crippen LogP contribution in [-0.4, -0.2) is 49.9 Å². The number of rotatable bonds is 6. The first kappa shape index (κ1) is 29.9. The minimum atomic E-state index is -3.53. The molecule has 0 amide bonds. The molecule has 2 heterocycles. The number of ketones is 3. The highest BCUT2D eigenvalue weighted by atomic mass is 32.2. The third-order valence-electron chi connectivity index (χ3n) is 8.27. The minimum absolute atomic E-state index is 0.0464. The number of aromatic nitrogens is 1. The third kappa shape index (κ3) is 5.59. The van der Waals surface area contributed by atoms with E-state index in [-0.39, 0.29) is 28.1 Å². The first-order valence-electron chi connectivity index (χ1n) is 14.1. The maximum atomic E-state index is 13.8. The molecular weight excluding hydrogens is 554 g/mol. The Labute approximate surface area is 247 Å². The molecule has 5 rings (SSSR count). The van der Waals surface area contributed by atoms with E-state index in [2.05, 4.69) is 4.98 Å². The van der Waals surface area contributed by atoms with Crippen LogP contribution in [0.15, 0.2) is 53.0 Å². The van der Waals surface area contributed by atoms with Crippen molar-refractivity contribution in [2.24, 2.45) is 10.8 Å². The monoisotopic (exact) mass is 591 g/mol. The molecule has 8 nitrogen and oxygen atoms in total. The molecule has 0 N–H and O–H groups in total. The van der Waals surface area contributed by atoms with Crippen molar-refractivity contribution in [2.45, 2.75) is 66.2 Å². The van der Waals surface area contributed by atoms with Gasteiger partial charge in [-0.15, -0.1) is 0 Å². The van der Waals surface area contributed by atoms with Gasteiger partial charge in [0.25, 0.3) is 0 Å². The molecule has 0 radical (unpaired) electrons. The van der Waals surface area contributed by atoms with Gasteiger partial charge in [0.1, 0.15) is 28.7 Å². The number of sulfone groups is 1. The second-order valence-electron chi connectivity index (χ2n) is 13.3. The third-order valence-corrected chi connectivity index (χ3v) is 9.06. The molecule has 0 atom stereocenters. The van der Waals surface area contributed by atoms with Gasteiger partial charge in [0.05, 0.1) is 18.7 Å². The molecule has 1 aliphatic heterocycles. The highest BCUT2D eigenvalue weighted by Gasteiger charge is 2.49. The lowest BCUT2D eigenvalue weighted by Gasteiger charge is -2.43. The summed E-state index contributed by atoms with van der Waals surface area (Å²) in [6.07, 6.45) is 2.82. The summed E-state index contributed by atoms with van der Waals surface area (Å²) in [5, 5.41) is 0. The zero-order valence-corrected chi connectivity index (χ0v) is 26.0. The van der Waals surface area contributed by atoms with Crippen molar-refractivity contribution in [1.82, 2.24) is 4.98 Å². The smallest absolute Gasteiger partial charge is 0.196 e. The standard InChI is InChI=1S/C33H37NO7S/c1-18-19(20-9-8-10-21(34-20)24(37)17-42(7,38)39)11-12-25(40-6)28(18)31-29-22(35)13-32(2,3)15-26(29)41-27-16-33(4,5)14-23(36)30(27)31/h8-12,31H,13-17H2,1-7H3. The first-order chi connectivity index (χ1) is 19.5. The Morgan fingerprint density at radius 1 is 0.952 bits per heavy atom. The minimum Gasteiger partial charge on any atom is -0.496 e. The van der Waals surface area contributed by atoms with Crippen LogP contribution in [0.1, 0.15) is 80.9 Å². The predicted octanol–water partition coefficient (Wildman–Crippen LogP) is 5.69. The lowest BCUT2D eigenvalue weighted by Crippen LogP contribution is -2.38. The average Bonchev–Trinajstić information content (AvgIpc) is 2.84. The number of benzene rings is 1. The number of carbonyl (C=O) groups excluding carboxylic acids is 3. The largest absolute Gasteiger partial charge is 0.496 e. The predicted molar refractivity (Wildman–Crippen MR) is 159 cm³/mol. The van der Waals surface area contributed by atoms with Crippen LogP contribution in [0.2, 0.25) is 0 Å². The van der Waals surface area contributed by atoms with E-state index in [1.807, 2.05) is 40.7 Å². The van der Waals surface area contributed by atoms with Crippen molar-refractivity contribution in [1.29, 1.82) is 0 Å². The Balaban J connectivity index is 1.73. The van der Waals surface area contributed by atoms with Gasteiger partial charge in [-0.25, -0.2) is 13.4 Å². The van der Waals surface area contributed by atoms with Gasteiger partial charge in [-0.05, 0) is 47.6 Å². The van der Waals surface area contributed by atoms with E-state index in [1.165, 1.54) is 6.07 Å². The average molecular weight is 592 g/mol. The summed E-state index contributed by atoms with van der Waals surface area (Å²) in [6, 6.07) is 8.52. The van der Waals surface area contributed by atoms with Gasteiger partial charge in [0.2, 0.25) is 0 Å². The molecule has 9 heteroatoms. The molecule has 3 aliphatic rings. The number of Topliss-reactive ketones (excluding diaryl/α,β-unsaturated/α-hetero) is 3. The summed E-state index contributed by atoms with van der Waals surface area (Å²) < 4.78 is 35.8. The second kappa shape index (κ2) is 10.3. The number of methoxy groups -OCH3 is 1. The zero-order valence-electron chi connectivity index (χ0n) is 25.2. The molecule has 0 spiro atoms. The van der Waals surface area contributed by atoms with Crippen LogP contribution in [0.3, 0.4) is 0 Å². The van der Waals surface area contributed by atoms with Gasteiger partial charge in [0, 0.05) is 54.2 Å². The number of allylic oxidation sites excluding steroid dienone is 4. The van der Waals surface area contributed by atoms with Crippen molar-refractivity contribution in [3.63, 3.8) is 0 Å². The summed E-state index contributed by atoms with van der Waals surface area (Å²) in [5.41, 5.74) is 3.08. The molecule has 222 valence electrons. The Morgan fingerprint density at radius 2 is 1.52 bits per heavy atom. The molecule has 2 aliphatic carbocycles. The molecule has 42 heavy (non-hydrogen) atoms. The molecule has 1 aromatic carbocycles. The number of pyridine rings is 1. The van der Waals surface area contributed by atoms with E-state index in [0.717, 1.165) is 11.8 Å². The number of carbonyl (C=O) groups is 3. The van der Waals surface area contributed by atoms with Crippen LogP contribution in [0.25, 0.3) is 11.3 Å². The van der Waals surface area contributed by atoms with Crippen LogP contribution in [0.5, 0.6) is 5.75 Å². The van der Waals surface area contributed by atoms with Gasteiger partial charge in [-0.2, -0.15) is 0 Å². The summed E-state index contributed by atoms with van der Waals surface area (Å²) >= 11 is 0. The van der Waals surface area contributed by atoms with E-state index in [0.29, 0.717) is 70.9 Å². The zero-order chi connectivity index (χ0) is 30.8. The molecule has 0 bridgehead atoms. The number of hydrogen-bond acceptors (Lipinski definition) is 8. The number of ether oxygens (including phenoxy) is 2. The van der Waals surface area contributed by atoms with Gasteiger partial charge in [0.15, 0.2) is 27.2 Å². The maximum Gasteiger partial charge on any atom is 0.196 e. The van der Waals surface area contributed by atoms with E-state index in [9.17, 15) is 22.8 Å². The molecule has 0 fully saturated rings. The quantitative estimate of drug-likeness (QED) is 0.393. The Bertz CT molecular complexity index is 1660. The van der Waals surface area contributed by atoms with Crippen LogP contribution in [0, 0.1) is 17.8 Å². The molecule has 0 saturated carbocycles.